The lowest BCUT2D eigenvalue weighted by molar-refractivity contribution is 0.0487. The first kappa shape index (κ1) is 16.7. The quantitative estimate of drug-likeness (QED) is 0.798. The minimum Gasteiger partial charge on any atom is -0.462 e. The zero-order valence-corrected chi connectivity index (χ0v) is 14.7. The molecule has 0 saturated carbocycles. The van der Waals surface area contributed by atoms with Gasteiger partial charge >= 0.3 is 5.97 Å². The number of carbonyl (C=O) groups is 1. The van der Waals surface area contributed by atoms with E-state index in [4.69, 9.17) is 9.47 Å². The van der Waals surface area contributed by atoms with Crippen LogP contribution in [0.5, 0.6) is 0 Å². The van der Waals surface area contributed by atoms with E-state index in [9.17, 15) is 4.79 Å². The molecule has 24 heavy (non-hydrogen) atoms. The number of aromatic nitrogens is 3. The predicted octanol–water partition coefficient (Wildman–Crippen LogP) is 2.01. The van der Waals surface area contributed by atoms with Crippen LogP contribution in [0.25, 0.3) is 11.0 Å². The highest BCUT2D eigenvalue weighted by Gasteiger charge is 2.30. The summed E-state index contributed by atoms with van der Waals surface area (Å²) in [7, 11) is 3.59. The fourth-order valence-corrected chi connectivity index (χ4v) is 3.33. The van der Waals surface area contributed by atoms with Gasteiger partial charge in [-0.1, -0.05) is 6.92 Å². The number of rotatable bonds is 4. The number of carbonyl (C=O) groups excluding carboxylic acids is 1. The normalized spacial score (nSPS) is 21.2. The largest absolute Gasteiger partial charge is 0.462 e. The minimum absolute atomic E-state index is 0.133. The summed E-state index contributed by atoms with van der Waals surface area (Å²) >= 11 is 0. The number of esters is 1. The molecule has 0 aliphatic carbocycles. The van der Waals surface area contributed by atoms with E-state index in [0.717, 1.165) is 36.2 Å². The topological polar surface area (TPSA) is 69.5 Å². The summed E-state index contributed by atoms with van der Waals surface area (Å²) in [4.78, 5) is 19.0. The highest BCUT2D eigenvalue weighted by Crippen LogP contribution is 2.33. The van der Waals surface area contributed by atoms with Crippen LogP contribution in [0.15, 0.2) is 12.4 Å². The Labute approximate surface area is 141 Å². The Kier molecular flexibility index (Phi) is 4.71. The monoisotopic (exact) mass is 332 g/mol. The standard InChI is InChI=1S/C17H24N4O3/c1-5-24-17(22)13-8-18-16-12(9-19-20(16)3)15(13)21-7-6-11(2)14(10-21)23-4/h8-9,11,14H,5-7,10H2,1-4H3. The number of methoxy groups -OCH3 is 1. The third kappa shape index (κ3) is 2.84. The molecule has 1 aliphatic rings. The Morgan fingerprint density at radius 3 is 2.92 bits per heavy atom. The zero-order chi connectivity index (χ0) is 17.3. The van der Waals surface area contributed by atoms with Crippen LogP contribution in [0.1, 0.15) is 30.6 Å². The third-order valence-electron chi connectivity index (χ3n) is 4.74. The molecule has 0 N–H and O–H groups in total. The van der Waals surface area contributed by atoms with E-state index in [-0.39, 0.29) is 12.1 Å². The number of hydrogen-bond acceptors (Lipinski definition) is 6. The number of pyridine rings is 1. The van der Waals surface area contributed by atoms with Gasteiger partial charge in [0.25, 0.3) is 0 Å². The molecule has 7 heteroatoms. The molecule has 2 aromatic rings. The molecule has 2 atom stereocenters. The van der Waals surface area contributed by atoms with Crippen molar-refractivity contribution in [2.24, 2.45) is 13.0 Å². The first-order valence-electron chi connectivity index (χ1n) is 8.32. The summed E-state index contributed by atoms with van der Waals surface area (Å²) in [5.74, 6) is 0.141. The molecule has 2 unspecified atom stereocenters. The van der Waals surface area contributed by atoms with Crippen molar-refractivity contribution in [3.63, 3.8) is 0 Å². The Hall–Kier alpha value is -2.15. The van der Waals surface area contributed by atoms with Crippen LogP contribution in [0.3, 0.4) is 0 Å². The Morgan fingerprint density at radius 2 is 2.21 bits per heavy atom. The van der Waals surface area contributed by atoms with Gasteiger partial charge in [-0.3, -0.25) is 4.68 Å². The number of nitrogens with zero attached hydrogens (tertiary/aromatic N) is 4. The molecule has 1 aliphatic heterocycles. The lowest BCUT2D eigenvalue weighted by Crippen LogP contribution is -2.44. The first-order chi connectivity index (χ1) is 11.6. The second-order valence-corrected chi connectivity index (χ2v) is 6.23. The summed E-state index contributed by atoms with van der Waals surface area (Å²) in [6.07, 6.45) is 4.50. The number of anilines is 1. The van der Waals surface area contributed by atoms with Crippen LogP contribution < -0.4 is 4.90 Å². The Morgan fingerprint density at radius 1 is 1.42 bits per heavy atom. The SMILES string of the molecule is CCOC(=O)c1cnc2c(cnn2C)c1N1CCC(C)C(OC)C1. The molecule has 1 saturated heterocycles. The molecule has 3 rings (SSSR count). The van der Waals surface area contributed by atoms with Gasteiger partial charge in [-0.25, -0.2) is 9.78 Å². The second-order valence-electron chi connectivity index (χ2n) is 6.23. The van der Waals surface area contributed by atoms with Gasteiger partial charge in [-0.2, -0.15) is 5.10 Å². The maximum absolute atomic E-state index is 12.4. The summed E-state index contributed by atoms with van der Waals surface area (Å²) in [5, 5.41) is 5.16. The van der Waals surface area contributed by atoms with E-state index in [1.54, 1.807) is 31.1 Å². The van der Waals surface area contributed by atoms with Crippen molar-refractivity contribution in [1.29, 1.82) is 0 Å². The van der Waals surface area contributed by atoms with Crippen LogP contribution in [0, 0.1) is 5.92 Å². The molecule has 0 aromatic carbocycles. The molecule has 1 fully saturated rings. The molecule has 0 bridgehead atoms. The van der Waals surface area contributed by atoms with E-state index >= 15 is 0 Å². The van der Waals surface area contributed by atoms with Crippen molar-refractivity contribution in [2.75, 3.05) is 31.7 Å². The van der Waals surface area contributed by atoms with Crippen molar-refractivity contribution in [3.05, 3.63) is 18.0 Å². The maximum Gasteiger partial charge on any atom is 0.341 e. The van der Waals surface area contributed by atoms with Crippen LogP contribution in [0.4, 0.5) is 5.69 Å². The van der Waals surface area contributed by atoms with E-state index in [2.05, 4.69) is 21.9 Å². The van der Waals surface area contributed by atoms with Gasteiger partial charge in [0.05, 0.1) is 30.0 Å². The van der Waals surface area contributed by atoms with Crippen molar-refractivity contribution in [2.45, 2.75) is 26.4 Å². The third-order valence-corrected chi connectivity index (χ3v) is 4.74. The van der Waals surface area contributed by atoms with Gasteiger partial charge in [0.1, 0.15) is 5.56 Å². The smallest absolute Gasteiger partial charge is 0.341 e. The summed E-state index contributed by atoms with van der Waals surface area (Å²) in [6.45, 7) is 5.93. The lowest BCUT2D eigenvalue weighted by Gasteiger charge is -2.38. The van der Waals surface area contributed by atoms with Gasteiger partial charge in [0.15, 0.2) is 5.65 Å². The van der Waals surface area contributed by atoms with Crippen LogP contribution in [-0.2, 0) is 16.5 Å². The van der Waals surface area contributed by atoms with E-state index in [0.29, 0.717) is 18.1 Å². The van der Waals surface area contributed by atoms with Gasteiger partial charge in [0.2, 0.25) is 0 Å². The van der Waals surface area contributed by atoms with Crippen molar-refractivity contribution in [3.8, 4) is 0 Å². The summed E-state index contributed by atoms with van der Waals surface area (Å²) in [6, 6.07) is 0. The van der Waals surface area contributed by atoms with Gasteiger partial charge in [0, 0.05) is 33.4 Å². The lowest BCUT2D eigenvalue weighted by atomic mass is 9.94. The Bertz CT molecular complexity index is 743. The van der Waals surface area contributed by atoms with Crippen LogP contribution in [-0.4, -0.2) is 53.6 Å². The number of aryl methyl sites for hydroxylation is 1. The molecular formula is C17H24N4O3. The first-order valence-corrected chi connectivity index (χ1v) is 8.32. The second kappa shape index (κ2) is 6.76. The fraction of sp³-hybridized carbons (Fsp3) is 0.588. The van der Waals surface area contributed by atoms with E-state index < -0.39 is 0 Å². The molecule has 0 radical (unpaired) electrons. The summed E-state index contributed by atoms with van der Waals surface area (Å²) in [5.41, 5.74) is 2.09. The van der Waals surface area contributed by atoms with E-state index in [1.807, 2.05) is 7.05 Å². The van der Waals surface area contributed by atoms with Gasteiger partial charge < -0.3 is 14.4 Å². The molecular weight excluding hydrogens is 308 g/mol. The molecule has 2 aromatic heterocycles. The number of piperidine rings is 1. The maximum atomic E-state index is 12.4. The fourth-order valence-electron chi connectivity index (χ4n) is 3.33. The Balaban J connectivity index is 2.09. The van der Waals surface area contributed by atoms with Crippen LogP contribution in [0.2, 0.25) is 0 Å². The zero-order valence-electron chi connectivity index (χ0n) is 14.7. The highest BCUT2D eigenvalue weighted by molar-refractivity contribution is 6.04. The van der Waals surface area contributed by atoms with E-state index in [1.165, 1.54) is 0 Å². The number of hydrogen-bond donors (Lipinski definition) is 0. The average molecular weight is 332 g/mol. The van der Waals surface area contributed by atoms with Crippen molar-refractivity contribution < 1.29 is 14.3 Å². The van der Waals surface area contributed by atoms with Gasteiger partial charge in [-0.15, -0.1) is 0 Å². The highest BCUT2D eigenvalue weighted by atomic mass is 16.5. The van der Waals surface area contributed by atoms with Crippen molar-refractivity contribution >= 4 is 22.7 Å². The average Bonchev–Trinajstić information content (AvgIpc) is 2.96. The minimum atomic E-state index is -0.349. The van der Waals surface area contributed by atoms with Crippen molar-refractivity contribution in [1.82, 2.24) is 14.8 Å². The summed E-state index contributed by atoms with van der Waals surface area (Å²) < 4.78 is 12.6. The molecule has 0 amide bonds. The molecule has 7 nitrogen and oxygen atoms in total. The van der Waals surface area contributed by atoms with Gasteiger partial charge in [-0.05, 0) is 19.3 Å². The molecule has 3 heterocycles. The number of fused-ring (bicyclic) bond motifs is 1. The van der Waals surface area contributed by atoms with Crippen LogP contribution >= 0.6 is 0 Å². The molecule has 0 spiro atoms. The number of ether oxygens (including phenoxy) is 2. The predicted molar refractivity (Wildman–Crippen MR) is 91.3 cm³/mol. The molecule has 130 valence electrons.